The molecule has 2 rings (SSSR count). The van der Waals surface area contributed by atoms with Crippen LogP contribution in [0.1, 0.15) is 19.8 Å². The van der Waals surface area contributed by atoms with E-state index in [4.69, 9.17) is 0 Å². The van der Waals surface area contributed by atoms with Gasteiger partial charge in [-0.1, -0.05) is 12.2 Å². The molecule has 68 valence electrons. The fraction of sp³-hybridized carbons (Fsp3) is 0.800. The van der Waals surface area contributed by atoms with Crippen molar-refractivity contribution in [1.29, 1.82) is 0 Å². The Morgan fingerprint density at radius 2 is 2.33 bits per heavy atom. The first-order valence-electron chi connectivity index (χ1n) is 4.92. The summed E-state index contributed by atoms with van der Waals surface area (Å²) in [4.78, 5) is 2.56. The Bertz CT molecular complexity index is 188. The van der Waals surface area contributed by atoms with E-state index in [0.717, 1.165) is 6.54 Å². The van der Waals surface area contributed by atoms with Gasteiger partial charge < -0.3 is 0 Å². The van der Waals surface area contributed by atoms with Crippen LogP contribution in [0.3, 0.4) is 0 Å². The van der Waals surface area contributed by atoms with E-state index in [1.54, 1.807) is 0 Å². The molecule has 2 saturated heterocycles. The molecule has 0 aromatic carbocycles. The second-order valence-electron chi connectivity index (χ2n) is 4.03. The van der Waals surface area contributed by atoms with Gasteiger partial charge in [0.1, 0.15) is 0 Å². The van der Waals surface area contributed by atoms with Gasteiger partial charge in [-0.2, -0.15) is 0 Å². The van der Waals surface area contributed by atoms with E-state index in [2.05, 4.69) is 23.7 Å². The second-order valence-corrected chi connectivity index (χ2v) is 4.03. The van der Waals surface area contributed by atoms with Gasteiger partial charge in [0, 0.05) is 19.0 Å². The van der Waals surface area contributed by atoms with Crippen molar-refractivity contribution >= 4 is 0 Å². The minimum absolute atomic E-state index is 0.608. The summed E-state index contributed by atoms with van der Waals surface area (Å²) in [6, 6.07) is 0. The molecule has 2 nitrogen and oxygen atoms in total. The zero-order chi connectivity index (χ0) is 8.55. The normalized spacial score (nSPS) is 36.4. The van der Waals surface area contributed by atoms with Crippen LogP contribution >= 0.6 is 0 Å². The molecular weight excluding hydrogens is 148 g/mol. The van der Waals surface area contributed by atoms with E-state index in [1.165, 1.54) is 31.5 Å². The quantitative estimate of drug-likeness (QED) is 0.589. The number of fused-ring (bicyclic) bond motifs is 1. The Morgan fingerprint density at radius 3 is 3.08 bits per heavy atom. The van der Waals surface area contributed by atoms with Crippen LogP contribution in [-0.4, -0.2) is 30.7 Å². The van der Waals surface area contributed by atoms with E-state index >= 15 is 0 Å². The van der Waals surface area contributed by atoms with Gasteiger partial charge in [0.25, 0.3) is 0 Å². The molecular formula is C10H18N2. The Kier molecular flexibility index (Phi) is 2.20. The topological polar surface area (TPSA) is 15.3 Å². The van der Waals surface area contributed by atoms with Gasteiger partial charge in [0.2, 0.25) is 0 Å². The Morgan fingerprint density at radius 1 is 1.50 bits per heavy atom. The van der Waals surface area contributed by atoms with Crippen LogP contribution < -0.4 is 5.32 Å². The molecule has 2 aliphatic heterocycles. The first-order chi connectivity index (χ1) is 5.79. The summed E-state index contributed by atoms with van der Waals surface area (Å²) < 4.78 is 0. The fourth-order valence-corrected chi connectivity index (χ4v) is 2.46. The molecule has 0 radical (unpaired) electrons. The van der Waals surface area contributed by atoms with Crippen molar-refractivity contribution in [3.05, 3.63) is 12.2 Å². The molecule has 0 aliphatic carbocycles. The van der Waals surface area contributed by atoms with E-state index in [0.29, 0.717) is 12.1 Å². The molecule has 2 aliphatic rings. The summed E-state index contributed by atoms with van der Waals surface area (Å²) in [6.45, 7) is 9.90. The largest absolute Gasteiger partial charge is 0.300 e. The smallest absolute Gasteiger partial charge is 0.0665 e. The average Bonchev–Trinajstić information content (AvgIpc) is 2.49. The molecule has 2 heterocycles. The maximum absolute atomic E-state index is 4.07. The molecule has 2 fully saturated rings. The zero-order valence-electron chi connectivity index (χ0n) is 7.84. The molecule has 0 amide bonds. The average molecular weight is 166 g/mol. The van der Waals surface area contributed by atoms with Crippen molar-refractivity contribution in [3.63, 3.8) is 0 Å². The third-order valence-corrected chi connectivity index (χ3v) is 3.12. The second kappa shape index (κ2) is 3.19. The van der Waals surface area contributed by atoms with Crippen molar-refractivity contribution in [2.45, 2.75) is 25.9 Å². The van der Waals surface area contributed by atoms with Crippen LogP contribution in [0.2, 0.25) is 0 Å². The predicted molar refractivity (Wildman–Crippen MR) is 50.9 cm³/mol. The highest BCUT2D eigenvalue weighted by molar-refractivity contribution is 5.04. The summed E-state index contributed by atoms with van der Waals surface area (Å²) in [7, 11) is 0. The van der Waals surface area contributed by atoms with Crippen LogP contribution in [0.25, 0.3) is 0 Å². The number of piperidine rings is 1. The summed E-state index contributed by atoms with van der Waals surface area (Å²) >= 11 is 0. The van der Waals surface area contributed by atoms with Crippen LogP contribution in [0, 0.1) is 5.92 Å². The lowest BCUT2D eigenvalue weighted by molar-refractivity contribution is 0.140. The molecule has 12 heavy (non-hydrogen) atoms. The monoisotopic (exact) mass is 166 g/mol. The molecule has 2 atom stereocenters. The van der Waals surface area contributed by atoms with Crippen molar-refractivity contribution in [3.8, 4) is 0 Å². The van der Waals surface area contributed by atoms with Crippen LogP contribution in [0.5, 0.6) is 0 Å². The Balaban J connectivity index is 2.08. The number of hydrogen-bond acceptors (Lipinski definition) is 2. The van der Waals surface area contributed by atoms with Gasteiger partial charge >= 0.3 is 0 Å². The molecule has 1 N–H and O–H groups in total. The molecule has 0 spiro atoms. The number of rotatable bonds is 1. The predicted octanol–water partition coefficient (Wildman–Crippen LogP) is 1.20. The van der Waals surface area contributed by atoms with Gasteiger partial charge in [-0.3, -0.25) is 10.2 Å². The molecule has 0 aromatic heterocycles. The maximum Gasteiger partial charge on any atom is 0.0665 e. The lowest BCUT2D eigenvalue weighted by Gasteiger charge is -2.36. The van der Waals surface area contributed by atoms with Gasteiger partial charge in [-0.25, -0.2) is 0 Å². The van der Waals surface area contributed by atoms with E-state index in [1.807, 2.05) is 0 Å². The maximum atomic E-state index is 4.07. The van der Waals surface area contributed by atoms with Crippen molar-refractivity contribution in [1.82, 2.24) is 10.2 Å². The lowest BCUT2D eigenvalue weighted by Crippen LogP contribution is -2.46. The van der Waals surface area contributed by atoms with Gasteiger partial charge in [0.15, 0.2) is 0 Å². The van der Waals surface area contributed by atoms with Crippen molar-refractivity contribution in [2.75, 3.05) is 19.6 Å². The number of hydrogen-bond donors (Lipinski definition) is 1. The lowest BCUT2D eigenvalue weighted by atomic mass is 9.89. The third-order valence-electron chi connectivity index (χ3n) is 3.12. The molecule has 0 saturated carbocycles. The standard InChI is InChI=1S/C10H18N2/c1-8(2)9-4-3-6-12-7-5-11-10(9)12/h9-11H,1,3-7H2,2H3. The summed E-state index contributed by atoms with van der Waals surface area (Å²) in [5.41, 5.74) is 1.35. The highest BCUT2D eigenvalue weighted by Crippen LogP contribution is 2.28. The summed E-state index contributed by atoms with van der Waals surface area (Å²) in [5, 5.41) is 3.56. The Labute approximate surface area is 74.6 Å². The molecule has 2 unspecified atom stereocenters. The molecule has 0 bridgehead atoms. The van der Waals surface area contributed by atoms with E-state index in [9.17, 15) is 0 Å². The van der Waals surface area contributed by atoms with E-state index < -0.39 is 0 Å². The third kappa shape index (κ3) is 1.29. The zero-order valence-corrected chi connectivity index (χ0v) is 7.84. The van der Waals surface area contributed by atoms with Gasteiger partial charge in [0.05, 0.1) is 6.17 Å². The first-order valence-corrected chi connectivity index (χ1v) is 4.92. The van der Waals surface area contributed by atoms with Crippen LogP contribution in [0.4, 0.5) is 0 Å². The highest BCUT2D eigenvalue weighted by atomic mass is 15.3. The fourth-order valence-electron chi connectivity index (χ4n) is 2.46. The minimum Gasteiger partial charge on any atom is -0.300 e. The van der Waals surface area contributed by atoms with Crippen molar-refractivity contribution < 1.29 is 0 Å². The van der Waals surface area contributed by atoms with Crippen LogP contribution in [-0.2, 0) is 0 Å². The molecule has 0 aromatic rings. The van der Waals surface area contributed by atoms with Crippen molar-refractivity contribution in [2.24, 2.45) is 5.92 Å². The number of nitrogens with one attached hydrogen (secondary N) is 1. The summed E-state index contributed by atoms with van der Waals surface area (Å²) in [6.07, 6.45) is 3.27. The van der Waals surface area contributed by atoms with Crippen LogP contribution in [0.15, 0.2) is 12.2 Å². The Hall–Kier alpha value is -0.340. The van der Waals surface area contributed by atoms with Gasteiger partial charge in [-0.15, -0.1) is 0 Å². The minimum atomic E-state index is 0.608. The van der Waals surface area contributed by atoms with Gasteiger partial charge in [-0.05, 0) is 26.3 Å². The summed E-state index contributed by atoms with van der Waals surface area (Å²) in [5.74, 6) is 0.696. The molecule has 2 heteroatoms. The number of nitrogens with zero attached hydrogens (tertiary/aromatic N) is 1. The highest BCUT2D eigenvalue weighted by Gasteiger charge is 2.34. The van der Waals surface area contributed by atoms with E-state index in [-0.39, 0.29) is 0 Å². The SMILES string of the molecule is C=C(C)C1CCCN2CCNC12. The first kappa shape index (κ1) is 8.27.